The van der Waals surface area contributed by atoms with Crippen molar-refractivity contribution in [1.82, 2.24) is 19.9 Å². The Bertz CT molecular complexity index is 4170. The standard InChI is InChI=1S/C61H35N5O/c1-62-42-27-24-37(25-28-42)43-30-31-48(45-18-6-5-17-44(43)45)55-36-53-47-20-8-7-19-46(47)52(35-54(53)51-22-12-32-63-58(51)55)39-15-11-16-40(33-39)60-64-59(38-13-3-2-4-14-38)65-61(66-60)41-26-29-50-49-21-9-10-23-56(49)67-57(50)34-41/h2-36H. The summed E-state index contributed by atoms with van der Waals surface area (Å²) in [6.07, 6.45) is 1.89. The van der Waals surface area contributed by atoms with Gasteiger partial charge in [0.25, 0.3) is 0 Å². The van der Waals surface area contributed by atoms with E-state index < -0.39 is 0 Å². The van der Waals surface area contributed by atoms with Crippen molar-refractivity contribution in [1.29, 1.82) is 0 Å². The van der Waals surface area contributed by atoms with Crippen molar-refractivity contribution in [2.24, 2.45) is 0 Å². The molecule has 6 nitrogen and oxygen atoms in total. The molecule has 0 aliphatic carbocycles. The van der Waals surface area contributed by atoms with Gasteiger partial charge in [-0.3, -0.25) is 4.98 Å². The van der Waals surface area contributed by atoms with Gasteiger partial charge in [0.15, 0.2) is 23.2 Å². The molecule has 0 amide bonds. The van der Waals surface area contributed by atoms with Crippen LogP contribution in [-0.4, -0.2) is 19.9 Å². The molecule has 310 valence electrons. The van der Waals surface area contributed by atoms with Gasteiger partial charge in [0.2, 0.25) is 0 Å². The van der Waals surface area contributed by atoms with E-state index in [-0.39, 0.29) is 0 Å². The molecule has 0 saturated carbocycles. The van der Waals surface area contributed by atoms with Gasteiger partial charge in [0.1, 0.15) is 11.2 Å². The number of aromatic nitrogens is 4. The van der Waals surface area contributed by atoms with E-state index in [1.165, 1.54) is 0 Å². The lowest BCUT2D eigenvalue weighted by Crippen LogP contribution is -2.00. The molecule has 67 heavy (non-hydrogen) atoms. The fourth-order valence-corrected chi connectivity index (χ4v) is 9.81. The summed E-state index contributed by atoms with van der Waals surface area (Å²) in [6, 6.07) is 71.3. The number of nitrogens with zero attached hydrogens (tertiary/aromatic N) is 5. The first kappa shape index (κ1) is 38.2. The van der Waals surface area contributed by atoms with Crippen molar-refractivity contribution in [2.45, 2.75) is 0 Å². The first-order valence-electron chi connectivity index (χ1n) is 22.2. The van der Waals surface area contributed by atoms with E-state index in [1.807, 2.05) is 91.1 Å². The highest BCUT2D eigenvalue weighted by Crippen LogP contribution is 2.44. The molecule has 3 heterocycles. The number of furan rings is 1. The van der Waals surface area contributed by atoms with Gasteiger partial charge in [0.05, 0.1) is 12.1 Å². The molecule has 13 rings (SSSR count). The van der Waals surface area contributed by atoms with Crippen molar-refractivity contribution in [3.8, 4) is 67.5 Å². The van der Waals surface area contributed by atoms with Crippen molar-refractivity contribution >= 4 is 70.8 Å². The number of para-hydroxylation sites is 1. The van der Waals surface area contributed by atoms with Crippen LogP contribution in [0.15, 0.2) is 217 Å². The average Bonchev–Trinajstić information content (AvgIpc) is 3.78. The maximum Gasteiger partial charge on any atom is 0.187 e. The molecule has 0 N–H and O–H groups in total. The first-order chi connectivity index (χ1) is 33.1. The minimum Gasteiger partial charge on any atom is -0.456 e. The quantitative estimate of drug-likeness (QED) is 0.123. The Morgan fingerprint density at radius 3 is 1.66 bits per heavy atom. The highest BCUT2D eigenvalue weighted by molar-refractivity contribution is 6.24. The second-order valence-electron chi connectivity index (χ2n) is 16.8. The lowest BCUT2D eigenvalue weighted by molar-refractivity contribution is 0.669. The summed E-state index contributed by atoms with van der Waals surface area (Å²) in [5, 5.41) is 10.1. The van der Waals surface area contributed by atoms with Crippen molar-refractivity contribution < 1.29 is 4.42 Å². The normalized spacial score (nSPS) is 11.6. The van der Waals surface area contributed by atoms with Crippen LogP contribution in [0.2, 0.25) is 0 Å². The Kier molecular flexibility index (Phi) is 8.80. The molecule has 3 aromatic heterocycles. The number of hydrogen-bond acceptors (Lipinski definition) is 5. The number of fused-ring (bicyclic) bond motifs is 9. The Hall–Kier alpha value is -9.31. The van der Waals surface area contributed by atoms with E-state index in [0.717, 1.165) is 115 Å². The molecule has 0 saturated heterocycles. The molecule has 0 fully saturated rings. The first-order valence-corrected chi connectivity index (χ1v) is 22.2. The Morgan fingerprint density at radius 2 is 0.881 bits per heavy atom. The molecule has 0 unspecified atom stereocenters. The van der Waals surface area contributed by atoms with Crippen LogP contribution in [0.5, 0.6) is 0 Å². The lowest BCUT2D eigenvalue weighted by Gasteiger charge is -2.17. The zero-order valence-corrected chi connectivity index (χ0v) is 35.9. The van der Waals surface area contributed by atoms with E-state index in [2.05, 4.69) is 126 Å². The predicted octanol–water partition coefficient (Wildman–Crippen LogP) is 16.3. The number of pyridine rings is 1. The van der Waals surface area contributed by atoms with E-state index in [9.17, 15) is 0 Å². The van der Waals surface area contributed by atoms with E-state index in [0.29, 0.717) is 23.2 Å². The van der Waals surface area contributed by atoms with E-state index in [4.69, 9.17) is 30.9 Å². The smallest absolute Gasteiger partial charge is 0.187 e. The molecule has 0 aliphatic heterocycles. The Labute approximate surface area is 385 Å². The third-order valence-corrected chi connectivity index (χ3v) is 13.0. The van der Waals surface area contributed by atoms with Crippen LogP contribution in [0.3, 0.4) is 0 Å². The van der Waals surface area contributed by atoms with Gasteiger partial charge in [-0.1, -0.05) is 164 Å². The maximum absolute atomic E-state index is 7.45. The summed E-state index contributed by atoms with van der Waals surface area (Å²) in [4.78, 5) is 24.0. The van der Waals surface area contributed by atoms with Crippen molar-refractivity contribution in [2.75, 3.05) is 0 Å². The minimum absolute atomic E-state index is 0.570. The van der Waals surface area contributed by atoms with Crippen molar-refractivity contribution in [3.05, 3.63) is 224 Å². The molecule has 0 bridgehead atoms. The summed E-state index contributed by atoms with van der Waals surface area (Å²) in [5.74, 6) is 1.75. The molecule has 0 aliphatic rings. The maximum atomic E-state index is 7.45. The van der Waals surface area contributed by atoms with Crippen LogP contribution >= 0.6 is 0 Å². The molecule has 0 atom stereocenters. The van der Waals surface area contributed by atoms with Crippen LogP contribution in [0.1, 0.15) is 0 Å². The van der Waals surface area contributed by atoms with E-state index in [1.54, 1.807) is 0 Å². The molecular formula is C61H35N5O. The van der Waals surface area contributed by atoms with E-state index >= 15 is 0 Å². The molecule has 6 heteroatoms. The third-order valence-electron chi connectivity index (χ3n) is 13.0. The topological polar surface area (TPSA) is 69.1 Å². The zero-order chi connectivity index (χ0) is 44.4. The molecule has 0 spiro atoms. The summed E-state index contributed by atoms with van der Waals surface area (Å²) in [5.41, 5.74) is 12.4. The van der Waals surface area contributed by atoms with Crippen LogP contribution in [-0.2, 0) is 0 Å². The SMILES string of the molecule is [C-]#[N+]c1ccc(-c2ccc(-c3cc4c5ccccc5c(-c5cccc(-c6nc(-c7ccccc7)nc(-c7ccc8c(c7)oc7ccccc78)n6)c5)cc4c4cccnc34)c3ccccc23)cc1. The fourth-order valence-electron chi connectivity index (χ4n) is 9.81. The number of benzene rings is 10. The molecule has 10 aromatic carbocycles. The Morgan fingerprint density at radius 1 is 0.328 bits per heavy atom. The van der Waals surface area contributed by atoms with Gasteiger partial charge in [0, 0.05) is 44.6 Å². The highest BCUT2D eigenvalue weighted by Gasteiger charge is 2.20. The predicted molar refractivity (Wildman–Crippen MR) is 274 cm³/mol. The molecular weight excluding hydrogens is 819 g/mol. The summed E-state index contributed by atoms with van der Waals surface area (Å²) in [6.45, 7) is 7.45. The van der Waals surface area contributed by atoms with Gasteiger partial charge in [-0.2, -0.15) is 0 Å². The monoisotopic (exact) mass is 853 g/mol. The molecule has 13 aromatic rings. The van der Waals surface area contributed by atoms with Crippen LogP contribution in [0, 0.1) is 6.57 Å². The molecule has 0 radical (unpaired) electrons. The summed E-state index contributed by atoms with van der Waals surface area (Å²) < 4.78 is 6.29. The van der Waals surface area contributed by atoms with Crippen LogP contribution < -0.4 is 0 Å². The zero-order valence-electron chi connectivity index (χ0n) is 35.9. The summed E-state index contributed by atoms with van der Waals surface area (Å²) in [7, 11) is 0. The van der Waals surface area contributed by atoms with Gasteiger partial charge in [-0.25, -0.2) is 19.8 Å². The average molecular weight is 854 g/mol. The highest BCUT2D eigenvalue weighted by atomic mass is 16.3. The van der Waals surface area contributed by atoms with Crippen LogP contribution in [0.25, 0.3) is 138 Å². The summed E-state index contributed by atoms with van der Waals surface area (Å²) >= 11 is 0. The third kappa shape index (κ3) is 6.41. The van der Waals surface area contributed by atoms with Gasteiger partial charge >= 0.3 is 0 Å². The minimum atomic E-state index is 0.570. The number of hydrogen-bond donors (Lipinski definition) is 0. The Balaban J connectivity index is 0.972. The van der Waals surface area contributed by atoms with Gasteiger partial charge in [-0.15, -0.1) is 0 Å². The second kappa shape index (κ2) is 15.4. The number of rotatable bonds is 6. The van der Waals surface area contributed by atoms with Crippen LogP contribution in [0.4, 0.5) is 5.69 Å². The lowest BCUT2D eigenvalue weighted by atomic mass is 9.87. The van der Waals surface area contributed by atoms with Gasteiger partial charge in [-0.05, 0) is 103 Å². The largest absolute Gasteiger partial charge is 0.456 e. The second-order valence-corrected chi connectivity index (χ2v) is 16.8. The van der Waals surface area contributed by atoms with Crippen molar-refractivity contribution in [3.63, 3.8) is 0 Å². The fraction of sp³-hybridized carbons (Fsp3) is 0. The van der Waals surface area contributed by atoms with Gasteiger partial charge < -0.3 is 4.42 Å².